The summed E-state index contributed by atoms with van der Waals surface area (Å²) in [5.74, 6) is 0. The topological polar surface area (TPSA) is 38.3 Å². The summed E-state index contributed by atoms with van der Waals surface area (Å²) in [5, 5.41) is 2.91. The zero-order chi connectivity index (χ0) is 12.2. The summed E-state index contributed by atoms with van der Waals surface area (Å²) in [4.78, 5) is 11.5. The Hall–Kier alpha value is -0.730. The van der Waals surface area contributed by atoms with Gasteiger partial charge < -0.3 is 10.1 Å². The Morgan fingerprint density at radius 2 is 1.88 bits per heavy atom. The second-order valence-corrected chi connectivity index (χ2v) is 5.92. The molecule has 0 spiro atoms. The van der Waals surface area contributed by atoms with Crippen molar-refractivity contribution in [2.75, 3.05) is 6.54 Å². The number of nitrogens with one attached hydrogen (secondary N) is 1. The van der Waals surface area contributed by atoms with Crippen LogP contribution in [0.25, 0.3) is 0 Å². The molecule has 3 nitrogen and oxygen atoms in total. The van der Waals surface area contributed by atoms with Crippen molar-refractivity contribution in [3.8, 4) is 0 Å². The van der Waals surface area contributed by atoms with Gasteiger partial charge in [0.25, 0.3) is 0 Å². The van der Waals surface area contributed by atoms with Crippen molar-refractivity contribution in [3.63, 3.8) is 0 Å². The number of hydrogen-bond donors (Lipinski definition) is 1. The van der Waals surface area contributed by atoms with Gasteiger partial charge >= 0.3 is 6.09 Å². The van der Waals surface area contributed by atoms with Gasteiger partial charge in [0.2, 0.25) is 0 Å². The SMILES string of the molecule is CCC1(CNC(=O)OC(C)(C)C)CCCC1. The van der Waals surface area contributed by atoms with Crippen molar-refractivity contribution < 1.29 is 9.53 Å². The van der Waals surface area contributed by atoms with Crippen LogP contribution >= 0.6 is 0 Å². The van der Waals surface area contributed by atoms with E-state index in [2.05, 4.69) is 12.2 Å². The van der Waals surface area contributed by atoms with Crippen LogP contribution in [0.1, 0.15) is 59.8 Å². The van der Waals surface area contributed by atoms with E-state index in [0.717, 1.165) is 13.0 Å². The van der Waals surface area contributed by atoms with Crippen molar-refractivity contribution in [1.82, 2.24) is 5.32 Å². The van der Waals surface area contributed by atoms with E-state index in [-0.39, 0.29) is 6.09 Å². The fourth-order valence-electron chi connectivity index (χ4n) is 2.35. The van der Waals surface area contributed by atoms with Crippen LogP contribution in [0.4, 0.5) is 4.79 Å². The summed E-state index contributed by atoms with van der Waals surface area (Å²) in [6.07, 6.45) is 5.92. The molecule has 94 valence electrons. The standard InChI is InChI=1S/C13H25NO2/c1-5-13(8-6-7-9-13)10-14-11(15)16-12(2,3)4/h5-10H2,1-4H3,(H,14,15). The molecule has 1 rings (SSSR count). The van der Waals surface area contributed by atoms with Gasteiger partial charge in [-0.3, -0.25) is 0 Å². The first-order valence-corrected chi connectivity index (χ1v) is 6.34. The number of alkyl carbamates (subject to hydrolysis) is 1. The second-order valence-electron chi connectivity index (χ2n) is 5.92. The molecule has 0 aromatic heterocycles. The fraction of sp³-hybridized carbons (Fsp3) is 0.923. The smallest absolute Gasteiger partial charge is 0.407 e. The van der Waals surface area contributed by atoms with Crippen molar-refractivity contribution in [1.29, 1.82) is 0 Å². The maximum absolute atomic E-state index is 11.5. The summed E-state index contributed by atoms with van der Waals surface area (Å²) in [6.45, 7) is 8.63. The molecule has 0 saturated heterocycles. The van der Waals surface area contributed by atoms with Crippen molar-refractivity contribution in [2.45, 2.75) is 65.4 Å². The van der Waals surface area contributed by atoms with Crippen LogP contribution in [0.2, 0.25) is 0 Å². The summed E-state index contributed by atoms with van der Waals surface area (Å²) >= 11 is 0. The van der Waals surface area contributed by atoms with E-state index in [1.54, 1.807) is 0 Å². The maximum Gasteiger partial charge on any atom is 0.407 e. The van der Waals surface area contributed by atoms with Crippen LogP contribution in [0.5, 0.6) is 0 Å². The highest BCUT2D eigenvalue weighted by molar-refractivity contribution is 5.67. The lowest BCUT2D eigenvalue weighted by Gasteiger charge is -2.28. The molecule has 0 atom stereocenters. The third-order valence-electron chi connectivity index (χ3n) is 3.42. The molecule has 1 saturated carbocycles. The van der Waals surface area contributed by atoms with Gasteiger partial charge in [-0.15, -0.1) is 0 Å². The maximum atomic E-state index is 11.5. The van der Waals surface area contributed by atoms with Gasteiger partial charge in [0.05, 0.1) is 0 Å². The van der Waals surface area contributed by atoms with Crippen LogP contribution in [0.15, 0.2) is 0 Å². The minimum absolute atomic E-state index is 0.285. The van der Waals surface area contributed by atoms with Crippen molar-refractivity contribution in [3.05, 3.63) is 0 Å². The minimum Gasteiger partial charge on any atom is -0.444 e. The molecule has 1 N–H and O–H groups in total. The number of rotatable bonds is 3. The highest BCUT2D eigenvalue weighted by atomic mass is 16.6. The Morgan fingerprint density at radius 3 is 2.31 bits per heavy atom. The molecule has 0 aromatic rings. The Morgan fingerprint density at radius 1 is 1.31 bits per heavy atom. The van der Waals surface area contributed by atoms with Crippen LogP contribution in [-0.2, 0) is 4.74 Å². The summed E-state index contributed by atoms with van der Waals surface area (Å²) in [5.41, 5.74) is -0.0734. The highest BCUT2D eigenvalue weighted by Gasteiger charge is 2.32. The number of amides is 1. The van der Waals surface area contributed by atoms with Gasteiger partial charge in [0.15, 0.2) is 0 Å². The second kappa shape index (κ2) is 5.07. The van der Waals surface area contributed by atoms with Crippen LogP contribution in [0.3, 0.4) is 0 Å². The molecule has 0 aliphatic heterocycles. The normalized spacial score (nSPS) is 19.5. The summed E-state index contributed by atoms with van der Waals surface area (Å²) in [6, 6.07) is 0. The van der Waals surface area contributed by atoms with Gasteiger partial charge in [-0.05, 0) is 45.4 Å². The molecule has 1 amide bonds. The number of ether oxygens (including phenoxy) is 1. The molecule has 1 aliphatic carbocycles. The molecule has 0 unspecified atom stereocenters. The Balaban J connectivity index is 2.35. The lowest BCUT2D eigenvalue weighted by atomic mass is 9.83. The first-order chi connectivity index (χ1) is 7.37. The molecule has 0 heterocycles. The zero-order valence-electron chi connectivity index (χ0n) is 11.1. The van der Waals surface area contributed by atoms with Crippen LogP contribution in [-0.4, -0.2) is 18.2 Å². The molecule has 1 aliphatic rings. The zero-order valence-corrected chi connectivity index (χ0v) is 11.1. The van der Waals surface area contributed by atoms with E-state index in [9.17, 15) is 4.79 Å². The predicted molar refractivity (Wildman–Crippen MR) is 65.4 cm³/mol. The molecular formula is C13H25NO2. The molecule has 3 heteroatoms. The van der Waals surface area contributed by atoms with E-state index >= 15 is 0 Å². The third-order valence-corrected chi connectivity index (χ3v) is 3.42. The Kier molecular flexibility index (Phi) is 4.22. The van der Waals surface area contributed by atoms with Gasteiger partial charge in [-0.2, -0.15) is 0 Å². The van der Waals surface area contributed by atoms with E-state index in [4.69, 9.17) is 4.74 Å². The summed E-state index contributed by atoms with van der Waals surface area (Å²) < 4.78 is 5.24. The quantitative estimate of drug-likeness (QED) is 0.801. The molecule has 16 heavy (non-hydrogen) atoms. The summed E-state index contributed by atoms with van der Waals surface area (Å²) in [7, 11) is 0. The monoisotopic (exact) mass is 227 g/mol. The fourth-order valence-corrected chi connectivity index (χ4v) is 2.35. The molecular weight excluding hydrogens is 202 g/mol. The van der Waals surface area contributed by atoms with E-state index < -0.39 is 5.60 Å². The van der Waals surface area contributed by atoms with Gasteiger partial charge in [0.1, 0.15) is 5.60 Å². The molecule has 0 radical (unpaired) electrons. The number of carbonyl (C=O) groups is 1. The lowest BCUT2D eigenvalue weighted by Crippen LogP contribution is -2.39. The molecule has 0 aromatic carbocycles. The first-order valence-electron chi connectivity index (χ1n) is 6.34. The average molecular weight is 227 g/mol. The van der Waals surface area contributed by atoms with Crippen LogP contribution in [0, 0.1) is 5.41 Å². The predicted octanol–water partition coefficient (Wildman–Crippen LogP) is 3.48. The van der Waals surface area contributed by atoms with E-state index in [1.165, 1.54) is 25.7 Å². The van der Waals surface area contributed by atoms with Gasteiger partial charge in [-0.25, -0.2) is 4.79 Å². The van der Waals surface area contributed by atoms with Gasteiger partial charge in [0, 0.05) is 6.54 Å². The number of carbonyl (C=O) groups excluding carboxylic acids is 1. The van der Waals surface area contributed by atoms with E-state index in [1.807, 2.05) is 20.8 Å². The van der Waals surface area contributed by atoms with Gasteiger partial charge in [-0.1, -0.05) is 19.8 Å². The Labute approximate surface area is 98.9 Å². The van der Waals surface area contributed by atoms with Crippen molar-refractivity contribution >= 4 is 6.09 Å². The minimum atomic E-state index is -0.404. The molecule has 0 bridgehead atoms. The van der Waals surface area contributed by atoms with E-state index in [0.29, 0.717) is 5.41 Å². The highest BCUT2D eigenvalue weighted by Crippen LogP contribution is 2.40. The lowest BCUT2D eigenvalue weighted by molar-refractivity contribution is 0.0498. The third kappa shape index (κ3) is 4.03. The number of hydrogen-bond acceptors (Lipinski definition) is 2. The van der Waals surface area contributed by atoms with Crippen molar-refractivity contribution in [2.24, 2.45) is 5.41 Å². The average Bonchev–Trinajstić information content (AvgIpc) is 2.61. The Bertz CT molecular complexity index is 237. The first kappa shape index (κ1) is 13.3. The van der Waals surface area contributed by atoms with Crippen LogP contribution < -0.4 is 5.32 Å². The molecule has 1 fully saturated rings. The largest absolute Gasteiger partial charge is 0.444 e.